The van der Waals surface area contributed by atoms with Gasteiger partial charge in [0, 0.05) is 25.3 Å². The van der Waals surface area contributed by atoms with E-state index in [0.29, 0.717) is 24.8 Å². The molecule has 0 spiro atoms. The Balaban J connectivity index is 1.57. The monoisotopic (exact) mass is 371 g/mol. The minimum Gasteiger partial charge on any atom is -0.342 e. The molecule has 1 atom stereocenters. The molecule has 2 heterocycles. The second-order valence-corrected chi connectivity index (χ2v) is 8.24. The van der Waals surface area contributed by atoms with Gasteiger partial charge in [0.2, 0.25) is 11.8 Å². The van der Waals surface area contributed by atoms with Gasteiger partial charge in [0.15, 0.2) is 0 Å². The predicted molar refractivity (Wildman–Crippen MR) is 109 cm³/mol. The van der Waals surface area contributed by atoms with Crippen LogP contribution in [0.1, 0.15) is 51.0 Å². The molecule has 2 saturated heterocycles. The first kappa shape index (κ1) is 19.9. The van der Waals surface area contributed by atoms with Crippen LogP contribution < -0.4 is 10.2 Å². The molecule has 1 aromatic carbocycles. The Morgan fingerprint density at radius 2 is 1.78 bits per heavy atom. The van der Waals surface area contributed by atoms with Crippen molar-refractivity contribution in [3.05, 3.63) is 29.8 Å². The zero-order valence-corrected chi connectivity index (χ0v) is 16.9. The minimum absolute atomic E-state index is 0.0328. The molecule has 2 aliphatic rings. The normalized spacial score (nSPS) is 21.3. The van der Waals surface area contributed by atoms with Crippen LogP contribution in [0.2, 0.25) is 0 Å². The summed E-state index contributed by atoms with van der Waals surface area (Å²) >= 11 is 0. The topological polar surface area (TPSA) is 52.7 Å². The van der Waals surface area contributed by atoms with E-state index in [4.69, 9.17) is 0 Å². The number of likely N-dealkylation sites (tertiary alicyclic amines) is 1. The number of carbonyl (C=O) groups is 2. The van der Waals surface area contributed by atoms with Crippen molar-refractivity contribution in [1.82, 2.24) is 10.2 Å². The van der Waals surface area contributed by atoms with E-state index in [-0.39, 0.29) is 11.8 Å². The van der Waals surface area contributed by atoms with Gasteiger partial charge in [-0.25, -0.2) is 0 Å². The lowest BCUT2D eigenvalue weighted by Gasteiger charge is -2.33. The number of benzene rings is 1. The van der Waals surface area contributed by atoms with Gasteiger partial charge in [0.05, 0.1) is 0 Å². The fourth-order valence-corrected chi connectivity index (χ4v) is 4.22. The van der Waals surface area contributed by atoms with Crippen LogP contribution in [0.4, 0.5) is 5.69 Å². The van der Waals surface area contributed by atoms with Crippen molar-refractivity contribution < 1.29 is 9.59 Å². The van der Waals surface area contributed by atoms with Crippen LogP contribution in [0.15, 0.2) is 24.3 Å². The highest BCUT2D eigenvalue weighted by atomic mass is 16.2. The lowest BCUT2D eigenvalue weighted by atomic mass is 9.92. The van der Waals surface area contributed by atoms with Crippen LogP contribution in [-0.2, 0) is 9.59 Å². The molecule has 2 aliphatic heterocycles. The van der Waals surface area contributed by atoms with Gasteiger partial charge in [0.25, 0.3) is 0 Å². The van der Waals surface area contributed by atoms with Crippen molar-refractivity contribution in [2.45, 2.75) is 45.4 Å². The molecule has 5 nitrogen and oxygen atoms in total. The molecule has 2 amide bonds. The molecular formula is C22H33N3O2. The summed E-state index contributed by atoms with van der Waals surface area (Å²) in [6.45, 7) is 7.57. The summed E-state index contributed by atoms with van der Waals surface area (Å²) in [7, 11) is 1.98. The lowest BCUT2D eigenvalue weighted by Crippen LogP contribution is -2.44. The Morgan fingerprint density at radius 3 is 2.37 bits per heavy atom. The average Bonchev–Trinajstić information content (AvgIpc) is 3.07. The molecule has 2 fully saturated rings. The van der Waals surface area contributed by atoms with E-state index in [1.165, 1.54) is 12.0 Å². The van der Waals surface area contributed by atoms with Gasteiger partial charge in [-0.15, -0.1) is 0 Å². The van der Waals surface area contributed by atoms with Crippen molar-refractivity contribution in [1.29, 1.82) is 0 Å². The van der Waals surface area contributed by atoms with Crippen LogP contribution in [0.3, 0.4) is 0 Å². The smallest absolute Gasteiger partial charge is 0.239 e. The SMILES string of the molecule is CNCCC1CCN(C(=O)C2CCN(c3ccc(C(C)C)cc3)C2=O)CC1. The molecule has 1 unspecified atom stereocenters. The zero-order chi connectivity index (χ0) is 19.4. The predicted octanol–water partition coefficient (Wildman–Crippen LogP) is 3.01. The molecule has 0 bridgehead atoms. The van der Waals surface area contributed by atoms with Crippen molar-refractivity contribution in [2.75, 3.05) is 38.1 Å². The number of amides is 2. The fraction of sp³-hybridized carbons (Fsp3) is 0.636. The molecule has 3 rings (SSSR count). The summed E-state index contributed by atoms with van der Waals surface area (Å²) in [4.78, 5) is 29.5. The minimum atomic E-state index is -0.497. The Bertz CT molecular complexity index is 648. The summed E-state index contributed by atoms with van der Waals surface area (Å²) in [6.07, 6.45) is 3.90. The Kier molecular flexibility index (Phi) is 6.53. The maximum absolute atomic E-state index is 12.9. The number of hydrogen-bond donors (Lipinski definition) is 1. The Hall–Kier alpha value is -1.88. The molecule has 1 aromatic rings. The van der Waals surface area contributed by atoms with Crippen LogP contribution >= 0.6 is 0 Å². The van der Waals surface area contributed by atoms with Gasteiger partial charge in [-0.1, -0.05) is 26.0 Å². The summed E-state index contributed by atoms with van der Waals surface area (Å²) in [5.41, 5.74) is 2.17. The molecule has 0 aliphatic carbocycles. The Labute approximate surface area is 163 Å². The van der Waals surface area contributed by atoms with Gasteiger partial charge >= 0.3 is 0 Å². The standard InChI is InChI=1S/C22H33N3O2/c1-16(2)18-4-6-19(7-5-18)25-15-11-20(22(25)27)21(26)24-13-9-17(10-14-24)8-12-23-3/h4-7,16-17,20,23H,8-15H2,1-3H3. The number of hydrogen-bond acceptors (Lipinski definition) is 3. The van der Waals surface area contributed by atoms with Crippen LogP contribution in [0.5, 0.6) is 0 Å². The van der Waals surface area contributed by atoms with E-state index in [9.17, 15) is 9.59 Å². The Morgan fingerprint density at radius 1 is 1.11 bits per heavy atom. The number of nitrogens with one attached hydrogen (secondary N) is 1. The van der Waals surface area contributed by atoms with E-state index in [2.05, 4.69) is 31.3 Å². The summed E-state index contributed by atoms with van der Waals surface area (Å²) in [5.74, 6) is 0.669. The highest BCUT2D eigenvalue weighted by Gasteiger charge is 2.40. The zero-order valence-electron chi connectivity index (χ0n) is 16.9. The first-order valence-electron chi connectivity index (χ1n) is 10.4. The molecule has 148 valence electrons. The highest BCUT2D eigenvalue weighted by Crippen LogP contribution is 2.29. The number of rotatable bonds is 6. The number of anilines is 1. The molecule has 0 aromatic heterocycles. The molecule has 0 radical (unpaired) electrons. The number of piperidine rings is 1. The van der Waals surface area contributed by atoms with Gasteiger partial charge in [-0.2, -0.15) is 0 Å². The van der Waals surface area contributed by atoms with Crippen LogP contribution in [0.25, 0.3) is 0 Å². The van der Waals surface area contributed by atoms with Crippen molar-refractivity contribution >= 4 is 17.5 Å². The third-order valence-corrected chi connectivity index (χ3v) is 6.10. The molecule has 0 saturated carbocycles. The maximum atomic E-state index is 12.9. The molecular weight excluding hydrogens is 338 g/mol. The van der Waals surface area contributed by atoms with E-state index < -0.39 is 5.92 Å². The number of nitrogens with zero attached hydrogens (tertiary/aromatic N) is 2. The van der Waals surface area contributed by atoms with Crippen LogP contribution in [-0.4, -0.2) is 49.9 Å². The second kappa shape index (κ2) is 8.87. The average molecular weight is 372 g/mol. The maximum Gasteiger partial charge on any atom is 0.239 e. The quantitative estimate of drug-likeness (QED) is 0.782. The lowest BCUT2D eigenvalue weighted by molar-refractivity contribution is -0.141. The third-order valence-electron chi connectivity index (χ3n) is 6.10. The molecule has 5 heteroatoms. The summed E-state index contributed by atoms with van der Waals surface area (Å²) in [5, 5.41) is 3.20. The highest BCUT2D eigenvalue weighted by molar-refractivity contribution is 6.09. The second-order valence-electron chi connectivity index (χ2n) is 8.24. The van der Waals surface area contributed by atoms with Crippen molar-refractivity contribution in [2.24, 2.45) is 11.8 Å². The first-order valence-corrected chi connectivity index (χ1v) is 10.4. The fourth-order valence-electron chi connectivity index (χ4n) is 4.22. The van der Waals surface area contributed by atoms with E-state index in [0.717, 1.165) is 38.2 Å². The van der Waals surface area contributed by atoms with E-state index in [1.54, 1.807) is 4.90 Å². The van der Waals surface area contributed by atoms with Gasteiger partial charge < -0.3 is 15.1 Å². The van der Waals surface area contributed by atoms with Crippen molar-refractivity contribution in [3.63, 3.8) is 0 Å². The largest absolute Gasteiger partial charge is 0.342 e. The van der Waals surface area contributed by atoms with Gasteiger partial charge in [-0.05, 0) is 68.8 Å². The van der Waals surface area contributed by atoms with Gasteiger partial charge in [-0.3, -0.25) is 9.59 Å². The third kappa shape index (κ3) is 4.52. The first-order chi connectivity index (χ1) is 13.0. The molecule has 27 heavy (non-hydrogen) atoms. The summed E-state index contributed by atoms with van der Waals surface area (Å²) in [6, 6.07) is 8.18. The molecule has 1 N–H and O–H groups in total. The van der Waals surface area contributed by atoms with Crippen LogP contribution in [0, 0.1) is 11.8 Å². The van der Waals surface area contributed by atoms with Gasteiger partial charge in [0.1, 0.15) is 5.92 Å². The van der Waals surface area contributed by atoms with E-state index >= 15 is 0 Å². The van der Waals surface area contributed by atoms with E-state index in [1.807, 2.05) is 24.1 Å². The summed E-state index contributed by atoms with van der Waals surface area (Å²) < 4.78 is 0. The number of carbonyl (C=O) groups excluding carboxylic acids is 2. The van der Waals surface area contributed by atoms with Crippen molar-refractivity contribution in [3.8, 4) is 0 Å².